The van der Waals surface area contributed by atoms with E-state index in [0.717, 1.165) is 24.1 Å². The van der Waals surface area contributed by atoms with Gasteiger partial charge in [-0.05, 0) is 37.0 Å². The Morgan fingerprint density at radius 3 is 2.85 bits per heavy atom. The maximum Gasteiger partial charge on any atom is 0.258 e. The molecular weight excluding hydrogens is 434 g/mol. The Hall–Kier alpha value is -3.30. The fraction of sp³-hybridized carbons (Fsp3) is 0.440. The van der Waals surface area contributed by atoms with Gasteiger partial charge in [0.25, 0.3) is 5.56 Å². The van der Waals surface area contributed by atoms with Gasteiger partial charge in [-0.2, -0.15) is 0 Å². The van der Waals surface area contributed by atoms with Gasteiger partial charge in [-0.3, -0.25) is 19.5 Å². The van der Waals surface area contributed by atoms with Crippen molar-refractivity contribution < 1.29 is 14.3 Å². The number of aromatic nitrogens is 3. The van der Waals surface area contributed by atoms with Crippen LogP contribution < -0.4 is 10.9 Å². The number of hydrogen-bond acceptors (Lipinski definition) is 7. The number of aliphatic hydroxyl groups excluding tert-OH is 1. The lowest BCUT2D eigenvalue weighted by atomic mass is 9.88. The van der Waals surface area contributed by atoms with E-state index in [1.807, 2.05) is 24.3 Å². The second-order valence-electron chi connectivity index (χ2n) is 9.57. The van der Waals surface area contributed by atoms with Gasteiger partial charge in [0.2, 0.25) is 5.91 Å². The third-order valence-corrected chi connectivity index (χ3v) is 7.52. The molecule has 9 heteroatoms. The van der Waals surface area contributed by atoms with E-state index in [4.69, 9.17) is 4.42 Å². The molecule has 2 N–H and O–H groups in total. The number of fused-ring (bicyclic) bond motifs is 3. The summed E-state index contributed by atoms with van der Waals surface area (Å²) in [4.78, 5) is 37.3. The van der Waals surface area contributed by atoms with Crippen LogP contribution in [0.15, 0.2) is 58.5 Å². The largest absolute Gasteiger partial charge is 0.451 e. The summed E-state index contributed by atoms with van der Waals surface area (Å²) < 4.78 is 6.98. The Labute approximate surface area is 196 Å². The van der Waals surface area contributed by atoms with E-state index >= 15 is 0 Å². The van der Waals surface area contributed by atoms with Crippen molar-refractivity contribution in [1.29, 1.82) is 0 Å². The molecule has 176 valence electrons. The number of aliphatic hydroxyl groups is 1. The zero-order valence-electron chi connectivity index (χ0n) is 18.7. The summed E-state index contributed by atoms with van der Waals surface area (Å²) in [5.74, 6) is 0.138. The first-order valence-electron chi connectivity index (χ1n) is 11.8. The van der Waals surface area contributed by atoms with Gasteiger partial charge in [-0.1, -0.05) is 6.07 Å². The lowest BCUT2D eigenvalue weighted by molar-refractivity contribution is -0.128. The van der Waals surface area contributed by atoms with Gasteiger partial charge in [0, 0.05) is 67.3 Å². The van der Waals surface area contributed by atoms with E-state index < -0.39 is 6.04 Å². The van der Waals surface area contributed by atoms with Crippen LogP contribution in [-0.2, 0) is 17.9 Å². The molecule has 2 aliphatic heterocycles. The van der Waals surface area contributed by atoms with Gasteiger partial charge in [0.15, 0.2) is 6.39 Å². The molecule has 2 fully saturated rings. The quantitative estimate of drug-likeness (QED) is 0.549. The maximum atomic E-state index is 13.5. The first-order chi connectivity index (χ1) is 16.7. The number of amides is 1. The van der Waals surface area contributed by atoms with Crippen molar-refractivity contribution >= 4 is 5.91 Å². The SMILES string of the molecule is O=C(NCC1CC1)[C@H]1[C@H](CO)[C@H]2Cn3c(ccc(-c4cccnc4)c3=O)[C@H]2N1Cc1cocn1. The number of pyridine rings is 2. The molecule has 5 heterocycles. The fourth-order valence-corrected chi connectivity index (χ4v) is 5.70. The van der Waals surface area contributed by atoms with Gasteiger partial charge in [-0.15, -0.1) is 0 Å². The van der Waals surface area contributed by atoms with E-state index in [0.29, 0.717) is 36.8 Å². The van der Waals surface area contributed by atoms with E-state index in [2.05, 4.69) is 20.2 Å². The number of carbonyl (C=O) groups excluding carboxylic acids is 1. The van der Waals surface area contributed by atoms with Crippen LogP contribution >= 0.6 is 0 Å². The van der Waals surface area contributed by atoms with Crippen LogP contribution in [0.1, 0.15) is 30.3 Å². The molecule has 34 heavy (non-hydrogen) atoms. The van der Waals surface area contributed by atoms with Crippen molar-refractivity contribution in [2.24, 2.45) is 17.8 Å². The van der Waals surface area contributed by atoms with Crippen molar-refractivity contribution in [2.75, 3.05) is 13.2 Å². The fourth-order valence-electron chi connectivity index (χ4n) is 5.70. The lowest BCUT2D eigenvalue weighted by Gasteiger charge is -2.30. The molecule has 9 nitrogen and oxygen atoms in total. The molecule has 1 saturated heterocycles. The highest BCUT2D eigenvalue weighted by Gasteiger charge is 2.55. The normalized spacial score (nSPS) is 25.8. The summed E-state index contributed by atoms with van der Waals surface area (Å²) in [5, 5.41) is 13.5. The van der Waals surface area contributed by atoms with E-state index in [9.17, 15) is 14.7 Å². The van der Waals surface area contributed by atoms with E-state index in [-0.39, 0.29) is 36.0 Å². The summed E-state index contributed by atoms with van der Waals surface area (Å²) >= 11 is 0. The molecule has 0 spiro atoms. The number of likely N-dealkylation sites (tertiary alicyclic amines) is 1. The minimum Gasteiger partial charge on any atom is -0.451 e. The highest BCUT2D eigenvalue weighted by Crippen LogP contribution is 2.50. The molecule has 0 unspecified atom stereocenters. The molecule has 3 aromatic heterocycles. The third-order valence-electron chi connectivity index (χ3n) is 7.52. The number of nitrogens with zero attached hydrogens (tertiary/aromatic N) is 4. The van der Waals surface area contributed by atoms with Gasteiger partial charge in [-0.25, -0.2) is 4.98 Å². The molecule has 0 aromatic carbocycles. The van der Waals surface area contributed by atoms with Crippen LogP contribution in [0.3, 0.4) is 0 Å². The zero-order valence-corrected chi connectivity index (χ0v) is 18.7. The highest BCUT2D eigenvalue weighted by atomic mass is 16.3. The molecule has 1 aliphatic carbocycles. The lowest BCUT2D eigenvalue weighted by Crippen LogP contribution is -2.48. The average Bonchev–Trinajstić information content (AvgIpc) is 3.25. The standard InChI is InChI=1S/C25H27N5O4/c31-12-20-19-11-29-21(6-5-18(25(29)33)16-2-1-7-26-9-16)22(19)30(10-17-13-34-14-28-17)23(20)24(32)27-8-15-3-4-15/h1-2,5-7,9,13-15,19-20,22-23,31H,3-4,8,10-12H2,(H,27,32)/t19-,20-,22+,23-/m1/s1. The van der Waals surface area contributed by atoms with E-state index in [1.54, 1.807) is 23.2 Å². The minimum absolute atomic E-state index is 0.0644. The minimum atomic E-state index is -0.502. The average molecular weight is 462 g/mol. The molecule has 3 aliphatic rings. The number of nitrogens with one attached hydrogen (secondary N) is 1. The molecule has 4 atom stereocenters. The Bertz CT molecular complexity index is 1240. The first-order valence-corrected chi connectivity index (χ1v) is 11.8. The molecule has 6 rings (SSSR count). The van der Waals surface area contributed by atoms with Gasteiger partial charge < -0.3 is 19.4 Å². The summed E-state index contributed by atoms with van der Waals surface area (Å²) in [7, 11) is 0. The Balaban J connectivity index is 1.39. The highest BCUT2D eigenvalue weighted by molar-refractivity contribution is 5.83. The monoisotopic (exact) mass is 461 g/mol. The number of carbonyl (C=O) groups is 1. The predicted molar refractivity (Wildman–Crippen MR) is 122 cm³/mol. The van der Waals surface area contributed by atoms with Crippen molar-refractivity contribution in [3.8, 4) is 11.1 Å². The molecule has 1 amide bonds. The van der Waals surface area contributed by atoms with Crippen LogP contribution in [0.5, 0.6) is 0 Å². The number of rotatable bonds is 7. The number of hydrogen-bond donors (Lipinski definition) is 2. The predicted octanol–water partition coefficient (Wildman–Crippen LogP) is 1.59. The molecule has 0 radical (unpaired) electrons. The zero-order chi connectivity index (χ0) is 23.2. The van der Waals surface area contributed by atoms with Crippen LogP contribution in [0.25, 0.3) is 11.1 Å². The number of oxazole rings is 1. The first kappa shape index (κ1) is 21.2. The molecular formula is C25H27N5O4. The third kappa shape index (κ3) is 3.56. The van der Waals surface area contributed by atoms with Crippen molar-refractivity contribution in [3.05, 3.63) is 71.1 Å². The van der Waals surface area contributed by atoms with Gasteiger partial charge in [0.05, 0.1) is 17.8 Å². The Morgan fingerprint density at radius 1 is 1.26 bits per heavy atom. The molecule has 0 bridgehead atoms. The van der Waals surface area contributed by atoms with Crippen LogP contribution in [0.4, 0.5) is 0 Å². The molecule has 1 saturated carbocycles. The summed E-state index contributed by atoms with van der Waals surface area (Å²) in [6, 6.07) is 6.83. The second kappa shape index (κ2) is 8.48. The smallest absolute Gasteiger partial charge is 0.258 e. The summed E-state index contributed by atoms with van der Waals surface area (Å²) in [6.07, 6.45) is 8.62. The van der Waals surface area contributed by atoms with Gasteiger partial charge >= 0.3 is 0 Å². The Kier molecular flexibility index (Phi) is 5.30. The van der Waals surface area contributed by atoms with Crippen LogP contribution in [-0.4, -0.2) is 49.6 Å². The van der Waals surface area contributed by atoms with Crippen LogP contribution in [0, 0.1) is 17.8 Å². The van der Waals surface area contributed by atoms with Crippen LogP contribution in [0.2, 0.25) is 0 Å². The van der Waals surface area contributed by atoms with Crippen molar-refractivity contribution in [1.82, 2.24) is 24.8 Å². The van der Waals surface area contributed by atoms with Crippen molar-refractivity contribution in [3.63, 3.8) is 0 Å². The Morgan fingerprint density at radius 2 is 2.15 bits per heavy atom. The van der Waals surface area contributed by atoms with Crippen molar-refractivity contribution in [2.45, 2.75) is 38.0 Å². The van der Waals surface area contributed by atoms with E-state index in [1.165, 1.54) is 6.39 Å². The maximum absolute atomic E-state index is 13.5. The topological polar surface area (TPSA) is 113 Å². The summed E-state index contributed by atoms with van der Waals surface area (Å²) in [5.41, 5.74) is 2.87. The van der Waals surface area contributed by atoms with Gasteiger partial charge in [0.1, 0.15) is 6.26 Å². The molecule has 3 aromatic rings. The summed E-state index contributed by atoms with van der Waals surface area (Å²) in [6.45, 7) is 1.40. The second-order valence-corrected chi connectivity index (χ2v) is 9.57.